The minimum atomic E-state index is 0.129. The fraction of sp³-hybridized carbons (Fsp3) is 0.529. The molecule has 2 bridgehead atoms. The van der Waals surface area contributed by atoms with Gasteiger partial charge in [-0.25, -0.2) is 0 Å². The summed E-state index contributed by atoms with van der Waals surface area (Å²) in [7, 11) is 1.55. The number of anilines is 1. The van der Waals surface area contributed by atoms with E-state index in [-0.39, 0.29) is 11.8 Å². The Bertz CT molecular complexity index is 633. The van der Waals surface area contributed by atoms with Gasteiger partial charge in [-0.3, -0.25) is 4.79 Å². The fourth-order valence-corrected chi connectivity index (χ4v) is 4.76. The van der Waals surface area contributed by atoms with Crippen molar-refractivity contribution < 1.29 is 9.53 Å². The summed E-state index contributed by atoms with van der Waals surface area (Å²) in [5.74, 6) is 3.73. The predicted molar refractivity (Wildman–Crippen MR) is 77.6 cm³/mol. The lowest BCUT2D eigenvalue weighted by Gasteiger charge is -2.12. The topological polar surface area (TPSA) is 62.1 Å². The van der Waals surface area contributed by atoms with Gasteiger partial charge in [0.25, 0.3) is 0 Å². The molecule has 4 nitrogen and oxygen atoms in total. The molecule has 1 aromatic carbocycles. The first-order chi connectivity index (χ1) is 10.2. The maximum absolute atomic E-state index is 12.5. The molecule has 21 heavy (non-hydrogen) atoms. The number of carbonyl (C=O) groups excluding carboxylic acids is 1. The van der Waals surface area contributed by atoms with E-state index in [4.69, 9.17) is 10.00 Å². The molecule has 4 rings (SSSR count). The molecule has 1 N–H and O–H groups in total. The third kappa shape index (κ3) is 1.84. The third-order valence-corrected chi connectivity index (χ3v) is 5.63. The van der Waals surface area contributed by atoms with Crippen molar-refractivity contribution in [2.45, 2.75) is 19.3 Å². The Morgan fingerprint density at radius 3 is 2.67 bits per heavy atom. The van der Waals surface area contributed by atoms with Crippen molar-refractivity contribution in [3.05, 3.63) is 23.8 Å². The lowest BCUT2D eigenvalue weighted by atomic mass is 10.0. The van der Waals surface area contributed by atoms with E-state index >= 15 is 0 Å². The highest BCUT2D eigenvalue weighted by Gasteiger charge is 2.67. The van der Waals surface area contributed by atoms with Crippen LogP contribution in [0.2, 0.25) is 0 Å². The van der Waals surface area contributed by atoms with Crippen molar-refractivity contribution in [1.82, 2.24) is 0 Å². The zero-order valence-corrected chi connectivity index (χ0v) is 12.0. The number of nitriles is 1. The molecule has 0 aliphatic heterocycles. The summed E-state index contributed by atoms with van der Waals surface area (Å²) in [6.07, 6.45) is 3.98. The molecule has 4 heteroatoms. The van der Waals surface area contributed by atoms with E-state index in [9.17, 15) is 4.79 Å². The first-order valence-electron chi connectivity index (χ1n) is 7.62. The summed E-state index contributed by atoms with van der Waals surface area (Å²) >= 11 is 0. The van der Waals surface area contributed by atoms with Gasteiger partial charge in [-0.2, -0.15) is 5.26 Å². The largest absolute Gasteiger partial charge is 0.495 e. The van der Waals surface area contributed by atoms with Gasteiger partial charge in [0.2, 0.25) is 5.91 Å². The highest BCUT2D eigenvalue weighted by atomic mass is 16.5. The molecule has 1 aromatic rings. The molecule has 1 amide bonds. The molecule has 0 radical (unpaired) electrons. The number of rotatable bonds is 3. The maximum atomic E-state index is 12.5. The van der Waals surface area contributed by atoms with E-state index in [0.717, 1.165) is 11.8 Å². The van der Waals surface area contributed by atoms with Gasteiger partial charge in [-0.05, 0) is 55.1 Å². The second-order valence-electron chi connectivity index (χ2n) is 6.53. The summed E-state index contributed by atoms with van der Waals surface area (Å²) in [6, 6.07) is 7.19. The van der Waals surface area contributed by atoms with Gasteiger partial charge in [-0.1, -0.05) is 0 Å². The molecule has 4 atom stereocenters. The number of nitrogens with one attached hydrogen (secondary N) is 1. The molecule has 3 saturated carbocycles. The van der Waals surface area contributed by atoms with Crippen LogP contribution in [-0.2, 0) is 4.79 Å². The Hall–Kier alpha value is -2.02. The normalized spacial score (nSPS) is 35.0. The Morgan fingerprint density at radius 2 is 2.05 bits per heavy atom. The first-order valence-corrected chi connectivity index (χ1v) is 7.62. The zero-order valence-electron chi connectivity index (χ0n) is 12.0. The van der Waals surface area contributed by atoms with Gasteiger partial charge in [0.1, 0.15) is 5.75 Å². The average molecular weight is 282 g/mol. The van der Waals surface area contributed by atoms with Crippen LogP contribution in [0.3, 0.4) is 0 Å². The molecule has 3 aliphatic carbocycles. The molecular formula is C17H18N2O2. The maximum Gasteiger partial charge on any atom is 0.228 e. The average Bonchev–Trinajstić information content (AvgIpc) is 2.96. The van der Waals surface area contributed by atoms with E-state index in [2.05, 4.69) is 11.4 Å². The smallest absolute Gasteiger partial charge is 0.228 e. The Morgan fingerprint density at radius 1 is 1.33 bits per heavy atom. The van der Waals surface area contributed by atoms with E-state index in [0.29, 0.717) is 28.8 Å². The van der Waals surface area contributed by atoms with E-state index in [1.54, 1.807) is 25.3 Å². The first kappa shape index (κ1) is 12.7. The van der Waals surface area contributed by atoms with Crippen LogP contribution < -0.4 is 10.1 Å². The Balaban J connectivity index is 1.50. The van der Waals surface area contributed by atoms with Crippen molar-refractivity contribution in [1.29, 1.82) is 5.26 Å². The number of hydrogen-bond acceptors (Lipinski definition) is 3. The second-order valence-corrected chi connectivity index (χ2v) is 6.53. The van der Waals surface area contributed by atoms with Crippen LogP contribution >= 0.6 is 0 Å². The number of amides is 1. The summed E-state index contributed by atoms with van der Waals surface area (Å²) in [4.78, 5) is 12.5. The van der Waals surface area contributed by atoms with E-state index in [1.165, 1.54) is 19.3 Å². The minimum absolute atomic E-state index is 0.129. The Labute approximate surface area is 124 Å². The number of nitrogens with zero attached hydrogens (tertiary/aromatic N) is 1. The molecule has 108 valence electrons. The van der Waals surface area contributed by atoms with E-state index < -0.39 is 0 Å². The minimum Gasteiger partial charge on any atom is -0.495 e. The van der Waals surface area contributed by atoms with Gasteiger partial charge < -0.3 is 10.1 Å². The second kappa shape index (κ2) is 4.49. The standard InChI is InChI=1S/C17H18N2O2/c1-21-13-6-9(8-18)2-5-12(13)19-17(20)16-14-10-3-4-11(7-10)15(14)16/h2,5-6,10-11,14-16H,3-4,7H2,1H3,(H,19,20). The fourth-order valence-electron chi connectivity index (χ4n) is 4.76. The van der Waals surface area contributed by atoms with Crippen molar-refractivity contribution >= 4 is 11.6 Å². The van der Waals surface area contributed by atoms with Gasteiger partial charge in [0.05, 0.1) is 24.4 Å². The Kier molecular flexibility index (Phi) is 2.72. The highest BCUT2D eigenvalue weighted by Crippen LogP contribution is 2.69. The number of ether oxygens (including phenoxy) is 1. The van der Waals surface area contributed by atoms with Crippen molar-refractivity contribution in [2.75, 3.05) is 12.4 Å². The number of fused-ring (bicyclic) bond motifs is 5. The van der Waals surface area contributed by atoms with Gasteiger partial charge in [0, 0.05) is 12.0 Å². The van der Waals surface area contributed by atoms with Gasteiger partial charge >= 0.3 is 0 Å². The lowest BCUT2D eigenvalue weighted by Crippen LogP contribution is -2.19. The predicted octanol–water partition coefficient (Wildman–Crippen LogP) is 2.80. The number of hydrogen-bond donors (Lipinski definition) is 1. The SMILES string of the molecule is COc1cc(C#N)ccc1NC(=O)C1C2C3CCC(C3)C12. The number of benzene rings is 1. The molecule has 0 spiro atoms. The van der Waals surface area contributed by atoms with Crippen LogP contribution in [0.5, 0.6) is 5.75 Å². The van der Waals surface area contributed by atoms with Gasteiger partial charge in [0.15, 0.2) is 0 Å². The highest BCUT2D eigenvalue weighted by molar-refractivity contribution is 5.96. The van der Waals surface area contributed by atoms with Crippen molar-refractivity contribution in [2.24, 2.45) is 29.6 Å². The molecule has 3 fully saturated rings. The monoisotopic (exact) mass is 282 g/mol. The molecule has 0 aromatic heterocycles. The van der Waals surface area contributed by atoms with Crippen LogP contribution in [0.4, 0.5) is 5.69 Å². The molecule has 4 unspecified atom stereocenters. The lowest BCUT2D eigenvalue weighted by molar-refractivity contribution is -0.118. The third-order valence-electron chi connectivity index (χ3n) is 5.63. The summed E-state index contributed by atoms with van der Waals surface area (Å²) < 4.78 is 5.27. The van der Waals surface area contributed by atoms with Crippen molar-refractivity contribution in [3.63, 3.8) is 0 Å². The van der Waals surface area contributed by atoms with Crippen LogP contribution in [0.15, 0.2) is 18.2 Å². The summed E-state index contributed by atoms with van der Waals surface area (Å²) in [5.41, 5.74) is 1.20. The molecule has 0 saturated heterocycles. The number of carbonyl (C=O) groups is 1. The van der Waals surface area contributed by atoms with Gasteiger partial charge in [-0.15, -0.1) is 0 Å². The van der Waals surface area contributed by atoms with Crippen LogP contribution in [-0.4, -0.2) is 13.0 Å². The zero-order chi connectivity index (χ0) is 14.6. The van der Waals surface area contributed by atoms with Crippen LogP contribution in [0.25, 0.3) is 0 Å². The molecule has 0 heterocycles. The molecular weight excluding hydrogens is 264 g/mol. The molecule has 3 aliphatic rings. The quantitative estimate of drug-likeness (QED) is 0.927. The summed E-state index contributed by atoms with van der Waals surface area (Å²) in [6.45, 7) is 0. The summed E-state index contributed by atoms with van der Waals surface area (Å²) in [5, 5.41) is 11.9. The number of methoxy groups -OCH3 is 1. The van der Waals surface area contributed by atoms with Crippen LogP contribution in [0.1, 0.15) is 24.8 Å². The van der Waals surface area contributed by atoms with Crippen molar-refractivity contribution in [3.8, 4) is 11.8 Å². The van der Waals surface area contributed by atoms with Crippen LogP contribution in [0, 0.1) is 40.9 Å². The van der Waals surface area contributed by atoms with E-state index in [1.807, 2.05) is 0 Å².